The van der Waals surface area contributed by atoms with Crippen molar-refractivity contribution in [2.75, 3.05) is 0 Å². The maximum absolute atomic E-state index is 10.9. The van der Waals surface area contributed by atoms with E-state index < -0.39 is 23.1 Å². The summed E-state index contributed by atoms with van der Waals surface area (Å²) in [6.07, 6.45) is 8.77. The fourth-order valence-electron chi connectivity index (χ4n) is 1.43. The van der Waals surface area contributed by atoms with E-state index in [0.29, 0.717) is 0 Å². The van der Waals surface area contributed by atoms with Crippen molar-refractivity contribution in [3.05, 3.63) is 25.7 Å². The second kappa shape index (κ2) is 30.9. The minimum absolute atomic E-state index is 0. The minimum atomic E-state index is -0.577. The summed E-state index contributed by atoms with van der Waals surface area (Å²) in [5.74, 6) is -2.60. The van der Waals surface area contributed by atoms with Crippen LogP contribution in [0.15, 0.2) is 0 Å². The Morgan fingerprint density at radius 3 is 0.935 bits per heavy atom. The third-order valence-electron chi connectivity index (χ3n) is 2.68. The Morgan fingerprint density at radius 1 is 0.548 bits per heavy atom. The summed E-state index contributed by atoms with van der Waals surface area (Å²) in [4.78, 5) is 64.4. The van der Waals surface area contributed by atoms with Crippen molar-refractivity contribution in [2.45, 2.75) is 93.9 Å². The second-order valence-electron chi connectivity index (χ2n) is 6.41. The molecule has 0 N–H and O–H groups in total. The molecule has 0 bridgehead atoms. The quantitative estimate of drug-likeness (QED) is 0.177. The van der Waals surface area contributed by atoms with Gasteiger partial charge in [0.2, 0.25) is 11.6 Å². The van der Waals surface area contributed by atoms with E-state index in [9.17, 15) is 28.8 Å². The Balaban J connectivity index is -0.000000113. The standard InChI is InChI=1S/2C9H13O3.2C3H7.Ti/c2*1-3-4-5-8(11)9(12)6-7(2)10;2*1-3-2;/h2*4H,3,5-6H2,1-2H3;2*3H,1-2H3;/q4*-1;+4. The smallest absolute Gasteiger partial charge is 0.335 e. The molecule has 176 valence electrons. The molecule has 0 aliphatic rings. The molecule has 0 saturated heterocycles. The first-order chi connectivity index (χ1) is 14.0. The van der Waals surface area contributed by atoms with Crippen molar-refractivity contribution < 1.29 is 50.5 Å². The molecule has 6 nitrogen and oxygen atoms in total. The molecular weight excluding hydrogens is 432 g/mol. The Kier molecular flexibility index (Phi) is 40.0. The zero-order chi connectivity index (χ0) is 24.5. The average molecular weight is 472 g/mol. The molecule has 0 saturated carbocycles. The van der Waals surface area contributed by atoms with E-state index in [4.69, 9.17) is 0 Å². The van der Waals surface area contributed by atoms with Gasteiger partial charge < -0.3 is 25.7 Å². The number of ketones is 6. The number of carbonyl (C=O) groups excluding carboxylic acids is 6. The van der Waals surface area contributed by atoms with Crippen LogP contribution < -0.4 is 0 Å². The molecule has 0 heterocycles. The van der Waals surface area contributed by atoms with Gasteiger partial charge in [-0.2, -0.15) is 40.5 Å². The first-order valence-corrected chi connectivity index (χ1v) is 10.2. The first kappa shape index (κ1) is 40.1. The van der Waals surface area contributed by atoms with Gasteiger partial charge in [-0.25, -0.2) is 0 Å². The van der Waals surface area contributed by atoms with Gasteiger partial charge in [0, 0.05) is 0 Å². The Morgan fingerprint density at radius 2 is 0.774 bits per heavy atom. The van der Waals surface area contributed by atoms with Crippen LogP contribution in [0.25, 0.3) is 0 Å². The van der Waals surface area contributed by atoms with Crippen LogP contribution in [0.3, 0.4) is 0 Å². The van der Waals surface area contributed by atoms with Gasteiger partial charge >= 0.3 is 21.7 Å². The van der Waals surface area contributed by atoms with Gasteiger partial charge in [-0.1, -0.05) is 13.8 Å². The van der Waals surface area contributed by atoms with Gasteiger partial charge in [0.1, 0.15) is 11.6 Å². The first-order valence-electron chi connectivity index (χ1n) is 10.2. The number of rotatable bonds is 12. The van der Waals surface area contributed by atoms with Crippen molar-refractivity contribution in [1.82, 2.24) is 0 Å². The molecule has 0 aliphatic carbocycles. The molecule has 0 atom stereocenters. The van der Waals surface area contributed by atoms with Gasteiger partial charge in [0.15, 0.2) is 11.6 Å². The number of hydrogen-bond acceptors (Lipinski definition) is 6. The van der Waals surface area contributed by atoms with Crippen LogP contribution in [0.1, 0.15) is 93.9 Å². The van der Waals surface area contributed by atoms with Crippen LogP contribution in [0, 0.1) is 25.7 Å². The number of unbranched alkanes of at least 4 members (excludes halogenated alkanes) is 2. The summed E-state index contributed by atoms with van der Waals surface area (Å²) in [5, 5.41) is 0. The van der Waals surface area contributed by atoms with Crippen molar-refractivity contribution >= 4 is 34.7 Å². The molecule has 0 aromatic carbocycles. The predicted molar refractivity (Wildman–Crippen MR) is 120 cm³/mol. The van der Waals surface area contributed by atoms with Crippen molar-refractivity contribution in [1.29, 1.82) is 0 Å². The van der Waals surface area contributed by atoms with E-state index in [1.54, 1.807) is 12.8 Å². The molecule has 31 heavy (non-hydrogen) atoms. The van der Waals surface area contributed by atoms with E-state index in [0.717, 1.165) is 12.8 Å². The Labute approximate surface area is 204 Å². The van der Waals surface area contributed by atoms with Crippen LogP contribution in [0.5, 0.6) is 0 Å². The van der Waals surface area contributed by atoms with Gasteiger partial charge in [-0.05, 0) is 13.8 Å². The Bertz CT molecular complexity index is 466. The minimum Gasteiger partial charge on any atom is -0.335 e. The van der Waals surface area contributed by atoms with Gasteiger partial charge in [-0.15, -0.1) is 12.8 Å². The number of carbonyl (C=O) groups is 6. The molecule has 0 amide bonds. The van der Waals surface area contributed by atoms with E-state index in [1.807, 2.05) is 54.4 Å². The number of hydrogen-bond donors (Lipinski definition) is 0. The third kappa shape index (κ3) is 39.7. The van der Waals surface area contributed by atoms with Crippen LogP contribution in [-0.4, -0.2) is 34.7 Å². The summed E-state index contributed by atoms with van der Waals surface area (Å²) < 4.78 is 0. The summed E-state index contributed by atoms with van der Waals surface area (Å²) in [5.41, 5.74) is 0. The molecule has 0 radical (unpaired) electrons. The summed E-state index contributed by atoms with van der Waals surface area (Å²) in [7, 11) is 0. The van der Waals surface area contributed by atoms with Crippen molar-refractivity contribution in [3.63, 3.8) is 0 Å². The molecular formula is C24H40O6Ti. The van der Waals surface area contributed by atoms with Crippen LogP contribution in [0.2, 0.25) is 0 Å². The monoisotopic (exact) mass is 472 g/mol. The van der Waals surface area contributed by atoms with Crippen LogP contribution in [-0.2, 0) is 50.5 Å². The molecule has 0 aliphatic heterocycles. The summed E-state index contributed by atoms with van der Waals surface area (Å²) in [6.45, 7) is 14.4. The predicted octanol–water partition coefficient (Wildman–Crippen LogP) is 4.67. The normalized spacial score (nSPS) is 8.52. The molecule has 7 heteroatoms. The molecule has 0 aromatic heterocycles. The maximum Gasteiger partial charge on any atom is 4.00 e. The second-order valence-corrected chi connectivity index (χ2v) is 6.41. The van der Waals surface area contributed by atoms with Crippen LogP contribution in [0.4, 0.5) is 0 Å². The fraction of sp³-hybridized carbons (Fsp3) is 0.583. The summed E-state index contributed by atoms with van der Waals surface area (Å²) >= 11 is 0. The molecule has 0 aromatic rings. The average Bonchev–Trinajstić information content (AvgIpc) is 2.64. The SMILES string of the molecule is CC[CH-]CC(=O)C(=O)CC(C)=O.CC[CH-]CC(=O)C(=O)CC(C)=O.C[CH-]C.C[CH-]C.[Ti+4]. The zero-order valence-corrected chi connectivity index (χ0v) is 22.1. The number of Topliss-reactive ketones (excluding diaryl/α,β-unsaturated/α-hetero) is 6. The van der Waals surface area contributed by atoms with Crippen molar-refractivity contribution in [2.24, 2.45) is 0 Å². The van der Waals surface area contributed by atoms with E-state index in [2.05, 4.69) is 0 Å². The largest absolute Gasteiger partial charge is 4.00 e. The molecule has 0 spiro atoms. The van der Waals surface area contributed by atoms with Crippen LogP contribution >= 0.6 is 0 Å². The van der Waals surface area contributed by atoms with Crippen molar-refractivity contribution in [3.8, 4) is 0 Å². The molecule has 0 fully saturated rings. The van der Waals surface area contributed by atoms with Gasteiger partial charge in [0.25, 0.3) is 0 Å². The van der Waals surface area contributed by atoms with E-state index in [-0.39, 0.29) is 59.0 Å². The maximum atomic E-state index is 10.9. The molecule has 0 unspecified atom stereocenters. The van der Waals surface area contributed by atoms with E-state index in [1.165, 1.54) is 13.8 Å². The van der Waals surface area contributed by atoms with Gasteiger partial charge in [0.05, 0.1) is 12.8 Å². The van der Waals surface area contributed by atoms with E-state index >= 15 is 0 Å². The Hall–Kier alpha value is -1.27. The molecule has 0 rings (SSSR count). The van der Waals surface area contributed by atoms with Gasteiger partial charge in [-0.3, -0.25) is 28.8 Å². The fourth-order valence-corrected chi connectivity index (χ4v) is 1.43. The summed E-state index contributed by atoms with van der Waals surface area (Å²) in [6, 6.07) is 0. The zero-order valence-electron chi connectivity index (χ0n) is 20.5. The topological polar surface area (TPSA) is 102 Å². The third-order valence-corrected chi connectivity index (χ3v) is 2.68.